The van der Waals surface area contributed by atoms with Crippen molar-refractivity contribution in [3.63, 3.8) is 0 Å². The first-order valence-corrected chi connectivity index (χ1v) is 8.37. The third-order valence-corrected chi connectivity index (χ3v) is 6.42. The van der Waals surface area contributed by atoms with Crippen LogP contribution in [0.3, 0.4) is 0 Å². The van der Waals surface area contributed by atoms with Gasteiger partial charge in [0.05, 0.1) is 5.25 Å². The Balaban J connectivity index is 2.15. The highest BCUT2D eigenvalue weighted by Gasteiger charge is 2.33. The molecule has 0 radical (unpaired) electrons. The van der Waals surface area contributed by atoms with Gasteiger partial charge in [-0.15, -0.1) is 0 Å². The molecule has 0 saturated heterocycles. The predicted octanol–water partition coefficient (Wildman–Crippen LogP) is 3.85. The van der Waals surface area contributed by atoms with E-state index in [1.54, 1.807) is 6.92 Å². The maximum Gasteiger partial charge on any atom is 0.185 e. The van der Waals surface area contributed by atoms with Gasteiger partial charge in [-0.2, -0.15) is 0 Å². The molecule has 1 aromatic carbocycles. The maximum atomic E-state index is 12.8. The third kappa shape index (κ3) is 2.08. The molecule has 2 aromatic rings. The van der Waals surface area contributed by atoms with Crippen LogP contribution < -0.4 is 0 Å². The molecule has 1 fully saturated rings. The Bertz CT molecular complexity index is 691. The number of para-hydroxylation sites is 1. The number of fused-ring (bicyclic) bond motifs is 1. The van der Waals surface area contributed by atoms with Gasteiger partial charge in [-0.1, -0.05) is 31.4 Å². The molecule has 0 N–H and O–H groups in total. The van der Waals surface area contributed by atoms with Crippen molar-refractivity contribution >= 4 is 20.8 Å². The summed E-state index contributed by atoms with van der Waals surface area (Å²) in [5, 5.41) is 0.492. The summed E-state index contributed by atoms with van der Waals surface area (Å²) in [5.41, 5.74) is 0.661. The Morgan fingerprint density at radius 2 is 1.79 bits per heavy atom. The van der Waals surface area contributed by atoms with Crippen molar-refractivity contribution in [1.82, 2.24) is 0 Å². The van der Waals surface area contributed by atoms with E-state index in [0.717, 1.165) is 37.5 Å². The number of sulfone groups is 1. The van der Waals surface area contributed by atoms with Crippen LogP contribution in [-0.4, -0.2) is 13.7 Å². The number of rotatable bonds is 2. The van der Waals surface area contributed by atoms with Crippen LogP contribution in [-0.2, 0) is 9.84 Å². The van der Waals surface area contributed by atoms with Crippen molar-refractivity contribution in [1.29, 1.82) is 0 Å². The fraction of sp³-hybridized carbons (Fsp3) is 0.467. The molecule has 0 aliphatic heterocycles. The van der Waals surface area contributed by atoms with Crippen molar-refractivity contribution in [2.75, 3.05) is 0 Å². The minimum absolute atomic E-state index is 0.235. The monoisotopic (exact) mass is 278 g/mol. The standard InChI is InChI=1S/C15H18O3S/c1-11-15(13-9-5-6-10-14(13)18-11)19(16,17)12-7-3-2-4-8-12/h5-6,9-10,12H,2-4,7-8H2,1H3. The van der Waals surface area contributed by atoms with E-state index in [1.165, 1.54) is 0 Å². The van der Waals surface area contributed by atoms with Crippen molar-refractivity contribution in [3.8, 4) is 0 Å². The highest BCUT2D eigenvalue weighted by molar-refractivity contribution is 7.92. The van der Waals surface area contributed by atoms with E-state index in [-0.39, 0.29) is 5.25 Å². The lowest BCUT2D eigenvalue weighted by Crippen LogP contribution is -2.24. The second-order valence-corrected chi connectivity index (χ2v) is 7.45. The Morgan fingerprint density at radius 1 is 1.11 bits per heavy atom. The topological polar surface area (TPSA) is 47.3 Å². The van der Waals surface area contributed by atoms with Crippen molar-refractivity contribution in [2.24, 2.45) is 0 Å². The summed E-state index contributed by atoms with van der Waals surface area (Å²) in [5.74, 6) is 0.520. The molecule has 0 bridgehead atoms. The van der Waals surface area contributed by atoms with Crippen LogP contribution in [0.15, 0.2) is 33.6 Å². The average molecular weight is 278 g/mol. The first kappa shape index (κ1) is 12.7. The minimum Gasteiger partial charge on any atom is -0.460 e. The van der Waals surface area contributed by atoms with E-state index in [1.807, 2.05) is 24.3 Å². The Morgan fingerprint density at radius 3 is 2.53 bits per heavy atom. The molecular formula is C15H18O3S. The molecule has 3 nitrogen and oxygen atoms in total. The number of hydrogen-bond donors (Lipinski definition) is 0. The highest BCUT2D eigenvalue weighted by atomic mass is 32.2. The molecule has 102 valence electrons. The molecule has 0 unspecified atom stereocenters. The SMILES string of the molecule is Cc1oc2ccccc2c1S(=O)(=O)C1CCCCC1. The van der Waals surface area contributed by atoms with Gasteiger partial charge in [0.1, 0.15) is 16.2 Å². The van der Waals surface area contributed by atoms with Crippen molar-refractivity contribution < 1.29 is 12.8 Å². The molecule has 0 atom stereocenters. The van der Waals surface area contributed by atoms with E-state index >= 15 is 0 Å². The molecule has 4 heteroatoms. The first-order chi connectivity index (χ1) is 9.10. The van der Waals surface area contributed by atoms with Crippen LogP contribution in [0.2, 0.25) is 0 Å². The fourth-order valence-corrected chi connectivity index (χ4v) is 5.24. The van der Waals surface area contributed by atoms with Gasteiger partial charge in [-0.25, -0.2) is 8.42 Å². The summed E-state index contributed by atoms with van der Waals surface area (Å²) < 4.78 is 31.2. The number of aryl methyl sites for hydroxylation is 1. The van der Waals surface area contributed by atoms with E-state index in [0.29, 0.717) is 16.2 Å². The zero-order valence-corrected chi connectivity index (χ0v) is 11.9. The second-order valence-electron chi connectivity index (χ2n) is 5.29. The van der Waals surface area contributed by atoms with Crippen LogP contribution in [0.5, 0.6) is 0 Å². The largest absolute Gasteiger partial charge is 0.460 e. The minimum atomic E-state index is -3.27. The summed E-state index contributed by atoms with van der Waals surface area (Å²) in [6.07, 6.45) is 4.73. The summed E-state index contributed by atoms with van der Waals surface area (Å²) >= 11 is 0. The molecule has 0 amide bonds. The molecular weight excluding hydrogens is 260 g/mol. The summed E-state index contributed by atoms with van der Waals surface area (Å²) in [6.45, 7) is 1.75. The normalized spacial score (nSPS) is 17.9. The highest BCUT2D eigenvalue weighted by Crippen LogP contribution is 2.35. The lowest BCUT2D eigenvalue weighted by molar-refractivity contribution is 0.481. The Labute approximate surface area is 113 Å². The van der Waals surface area contributed by atoms with Crippen LogP contribution >= 0.6 is 0 Å². The summed E-state index contributed by atoms with van der Waals surface area (Å²) in [4.78, 5) is 0.412. The smallest absolute Gasteiger partial charge is 0.185 e. The van der Waals surface area contributed by atoms with Gasteiger partial charge in [-0.05, 0) is 31.9 Å². The maximum absolute atomic E-state index is 12.8. The predicted molar refractivity (Wildman–Crippen MR) is 75.0 cm³/mol. The van der Waals surface area contributed by atoms with Crippen LogP contribution in [0.25, 0.3) is 11.0 Å². The van der Waals surface area contributed by atoms with Gasteiger partial charge < -0.3 is 4.42 Å². The molecule has 1 saturated carbocycles. The van der Waals surface area contributed by atoms with E-state index in [9.17, 15) is 8.42 Å². The van der Waals surface area contributed by atoms with Gasteiger partial charge in [-0.3, -0.25) is 0 Å². The van der Waals surface area contributed by atoms with Gasteiger partial charge in [0.15, 0.2) is 9.84 Å². The molecule has 1 aliphatic carbocycles. The average Bonchev–Trinajstić information content (AvgIpc) is 2.76. The molecule has 19 heavy (non-hydrogen) atoms. The van der Waals surface area contributed by atoms with Crippen LogP contribution in [0.1, 0.15) is 37.9 Å². The lowest BCUT2D eigenvalue weighted by Gasteiger charge is -2.21. The van der Waals surface area contributed by atoms with Gasteiger partial charge in [0, 0.05) is 5.39 Å². The first-order valence-electron chi connectivity index (χ1n) is 6.83. The second kappa shape index (κ2) is 4.67. The third-order valence-electron chi connectivity index (χ3n) is 3.99. The fourth-order valence-electron chi connectivity index (χ4n) is 3.04. The Kier molecular flexibility index (Phi) is 3.13. The van der Waals surface area contributed by atoms with Gasteiger partial charge >= 0.3 is 0 Å². The van der Waals surface area contributed by atoms with E-state index in [4.69, 9.17) is 4.42 Å². The van der Waals surface area contributed by atoms with Crippen molar-refractivity contribution in [3.05, 3.63) is 30.0 Å². The van der Waals surface area contributed by atoms with Crippen LogP contribution in [0, 0.1) is 6.92 Å². The van der Waals surface area contributed by atoms with Gasteiger partial charge in [0.2, 0.25) is 0 Å². The molecule has 1 heterocycles. The van der Waals surface area contributed by atoms with Crippen LogP contribution in [0.4, 0.5) is 0 Å². The summed E-state index contributed by atoms with van der Waals surface area (Å²) in [7, 11) is -3.27. The number of furan rings is 1. The summed E-state index contributed by atoms with van der Waals surface area (Å²) in [6, 6.07) is 7.38. The number of hydrogen-bond acceptors (Lipinski definition) is 3. The number of benzene rings is 1. The quantitative estimate of drug-likeness (QED) is 0.838. The zero-order chi connectivity index (χ0) is 13.5. The molecule has 1 aromatic heterocycles. The molecule has 1 aliphatic rings. The van der Waals surface area contributed by atoms with Crippen molar-refractivity contribution in [2.45, 2.75) is 49.2 Å². The van der Waals surface area contributed by atoms with E-state index < -0.39 is 9.84 Å². The zero-order valence-electron chi connectivity index (χ0n) is 11.1. The molecule has 0 spiro atoms. The van der Waals surface area contributed by atoms with Gasteiger partial charge in [0.25, 0.3) is 0 Å². The lowest BCUT2D eigenvalue weighted by atomic mass is 10.0. The van der Waals surface area contributed by atoms with E-state index in [2.05, 4.69) is 0 Å². The molecule has 3 rings (SSSR count). The Hall–Kier alpha value is -1.29.